The predicted octanol–water partition coefficient (Wildman–Crippen LogP) is 6.38. The van der Waals surface area contributed by atoms with Crippen molar-refractivity contribution in [3.05, 3.63) is 75.4 Å². The third kappa shape index (κ3) is 5.79. The summed E-state index contributed by atoms with van der Waals surface area (Å²) in [6.45, 7) is 15.1. The third-order valence-corrected chi connectivity index (χ3v) is 8.25. The number of aryl methyl sites for hydroxylation is 1. The molecule has 8 heteroatoms. The van der Waals surface area contributed by atoms with Gasteiger partial charge < -0.3 is 5.32 Å². The molecule has 0 saturated heterocycles. The van der Waals surface area contributed by atoms with E-state index >= 15 is 0 Å². The second-order valence-electron chi connectivity index (χ2n) is 11.4. The van der Waals surface area contributed by atoms with Crippen LogP contribution in [0.15, 0.2) is 42.5 Å². The van der Waals surface area contributed by atoms with Crippen molar-refractivity contribution in [1.82, 2.24) is 15.1 Å². The molecular weight excluding hydrogens is 516 g/mol. The maximum Gasteiger partial charge on any atom is 0.240 e. The molecule has 1 aliphatic heterocycles. The average Bonchev–Trinajstić information content (AvgIpc) is 3.17. The molecule has 3 aromatic rings. The molecule has 4 rings (SSSR count). The van der Waals surface area contributed by atoms with Crippen LogP contribution in [0.25, 0.3) is 5.69 Å². The molecule has 6 nitrogen and oxygen atoms in total. The zero-order valence-electron chi connectivity index (χ0n) is 23.3. The Morgan fingerprint density at radius 2 is 1.89 bits per heavy atom. The van der Waals surface area contributed by atoms with Crippen molar-refractivity contribution in [2.45, 2.75) is 59.1 Å². The van der Waals surface area contributed by atoms with E-state index in [9.17, 15) is 9.59 Å². The molecule has 0 unspecified atom stereocenters. The van der Waals surface area contributed by atoms with Crippen LogP contribution < -0.4 is 10.2 Å². The number of thioether (sulfide) groups is 1. The number of rotatable bonds is 6. The molecule has 0 fully saturated rings. The summed E-state index contributed by atoms with van der Waals surface area (Å²) >= 11 is 7.98. The van der Waals surface area contributed by atoms with Crippen molar-refractivity contribution in [1.29, 1.82) is 0 Å². The standard InChI is InChI=1S/C30H37ClN4O2S/c1-18(2)15-32-24(36)16-34-25(37)17-38-27(21-11-9-12-22(31)14-21)26-28(30(5,6)7)33-35(29(26)34)23-13-8-10-19(3)20(23)4/h8-14,18,27H,15-17H2,1-7H3,(H,32,36)/t27-/m1/s1. The molecule has 0 saturated carbocycles. The third-order valence-electron chi connectivity index (χ3n) is 6.76. The largest absolute Gasteiger partial charge is 0.354 e. The first-order chi connectivity index (χ1) is 17.9. The van der Waals surface area contributed by atoms with Gasteiger partial charge in [-0.25, -0.2) is 4.68 Å². The molecule has 38 heavy (non-hydrogen) atoms. The topological polar surface area (TPSA) is 67.2 Å². The minimum absolute atomic E-state index is 0.0679. The van der Waals surface area contributed by atoms with E-state index in [2.05, 4.69) is 46.0 Å². The van der Waals surface area contributed by atoms with Crippen molar-refractivity contribution >= 4 is 41.0 Å². The van der Waals surface area contributed by atoms with Gasteiger partial charge in [-0.3, -0.25) is 14.5 Å². The van der Waals surface area contributed by atoms with Crippen molar-refractivity contribution in [2.75, 3.05) is 23.7 Å². The Hall–Kier alpha value is -2.77. The molecule has 2 amide bonds. The number of benzene rings is 2. The van der Waals surface area contributed by atoms with Gasteiger partial charge >= 0.3 is 0 Å². The second-order valence-corrected chi connectivity index (χ2v) is 12.9. The molecule has 1 aromatic heterocycles. The second kappa shape index (κ2) is 11.1. The average molecular weight is 553 g/mol. The summed E-state index contributed by atoms with van der Waals surface area (Å²) in [5, 5.41) is 8.63. The highest BCUT2D eigenvalue weighted by Gasteiger charge is 2.40. The number of aromatic nitrogens is 2. The van der Waals surface area contributed by atoms with Gasteiger partial charge in [0.2, 0.25) is 11.8 Å². The van der Waals surface area contributed by atoms with E-state index in [1.165, 1.54) is 0 Å². The van der Waals surface area contributed by atoms with Gasteiger partial charge in [0.1, 0.15) is 12.4 Å². The van der Waals surface area contributed by atoms with E-state index in [4.69, 9.17) is 16.7 Å². The van der Waals surface area contributed by atoms with Crippen LogP contribution >= 0.6 is 23.4 Å². The number of amides is 2. The molecule has 0 radical (unpaired) electrons. The minimum Gasteiger partial charge on any atom is -0.354 e. The van der Waals surface area contributed by atoms with Gasteiger partial charge in [-0.15, -0.1) is 11.8 Å². The number of carbonyl (C=O) groups excluding carboxylic acids is 2. The van der Waals surface area contributed by atoms with E-state index in [0.717, 1.165) is 33.6 Å². The van der Waals surface area contributed by atoms with Gasteiger partial charge in [-0.1, -0.05) is 70.5 Å². The molecule has 1 atom stereocenters. The summed E-state index contributed by atoms with van der Waals surface area (Å²) in [6.07, 6.45) is 0. The highest BCUT2D eigenvalue weighted by Crippen LogP contribution is 2.48. The highest BCUT2D eigenvalue weighted by molar-refractivity contribution is 8.00. The molecular formula is C30H37ClN4O2S. The normalized spacial score (nSPS) is 16.0. The smallest absolute Gasteiger partial charge is 0.240 e. The van der Waals surface area contributed by atoms with Crippen LogP contribution in [0.1, 0.15) is 67.8 Å². The number of hydrogen-bond acceptors (Lipinski definition) is 4. The lowest BCUT2D eigenvalue weighted by atomic mass is 9.87. The maximum atomic E-state index is 13.7. The van der Waals surface area contributed by atoms with Gasteiger partial charge in [0.05, 0.1) is 22.4 Å². The summed E-state index contributed by atoms with van der Waals surface area (Å²) in [4.78, 5) is 28.5. The number of nitrogens with one attached hydrogen (secondary N) is 1. The fourth-order valence-electron chi connectivity index (χ4n) is 4.66. The molecule has 1 aliphatic rings. The summed E-state index contributed by atoms with van der Waals surface area (Å²) in [5.74, 6) is 0.899. The lowest BCUT2D eigenvalue weighted by molar-refractivity contribution is -0.123. The maximum absolute atomic E-state index is 13.7. The van der Waals surface area contributed by atoms with Gasteiger partial charge in [-0.2, -0.15) is 5.10 Å². The van der Waals surface area contributed by atoms with Crippen molar-refractivity contribution in [2.24, 2.45) is 5.92 Å². The van der Waals surface area contributed by atoms with E-state index < -0.39 is 0 Å². The Morgan fingerprint density at radius 3 is 2.55 bits per heavy atom. The number of fused-ring (bicyclic) bond motifs is 1. The molecule has 0 spiro atoms. The van der Waals surface area contributed by atoms with Crippen LogP contribution in [0, 0.1) is 19.8 Å². The van der Waals surface area contributed by atoms with Crippen LogP contribution in [0.2, 0.25) is 5.02 Å². The Morgan fingerprint density at radius 1 is 1.18 bits per heavy atom. The number of halogens is 1. The van der Waals surface area contributed by atoms with Gasteiger partial charge in [0.15, 0.2) is 0 Å². The molecule has 0 bridgehead atoms. The van der Waals surface area contributed by atoms with E-state index in [1.807, 2.05) is 54.9 Å². The lowest BCUT2D eigenvalue weighted by Gasteiger charge is -2.25. The summed E-state index contributed by atoms with van der Waals surface area (Å²) in [6, 6.07) is 13.9. The van der Waals surface area contributed by atoms with Crippen LogP contribution in [0.5, 0.6) is 0 Å². The first kappa shape index (κ1) is 28.2. The number of carbonyl (C=O) groups is 2. The van der Waals surface area contributed by atoms with Crippen LogP contribution in [-0.4, -0.2) is 40.4 Å². The predicted molar refractivity (Wildman–Crippen MR) is 158 cm³/mol. The Kier molecular flexibility index (Phi) is 8.29. The summed E-state index contributed by atoms with van der Waals surface area (Å²) in [5.41, 5.74) is 5.64. The first-order valence-corrected chi connectivity index (χ1v) is 14.4. The fraction of sp³-hybridized carbons (Fsp3) is 0.433. The van der Waals surface area contributed by atoms with Crippen LogP contribution in [0.3, 0.4) is 0 Å². The van der Waals surface area contributed by atoms with Gasteiger partial charge in [-0.05, 0) is 54.7 Å². The van der Waals surface area contributed by atoms with Crippen molar-refractivity contribution in [3.63, 3.8) is 0 Å². The lowest BCUT2D eigenvalue weighted by Crippen LogP contribution is -2.43. The minimum atomic E-state index is -0.316. The summed E-state index contributed by atoms with van der Waals surface area (Å²) < 4.78 is 1.88. The monoisotopic (exact) mass is 552 g/mol. The molecule has 1 N–H and O–H groups in total. The number of hydrogen-bond donors (Lipinski definition) is 1. The molecule has 0 aliphatic carbocycles. The van der Waals surface area contributed by atoms with E-state index in [1.54, 1.807) is 16.7 Å². The zero-order valence-corrected chi connectivity index (χ0v) is 24.8. The van der Waals surface area contributed by atoms with Crippen molar-refractivity contribution < 1.29 is 9.59 Å². The van der Waals surface area contributed by atoms with Gasteiger partial charge in [0.25, 0.3) is 0 Å². The van der Waals surface area contributed by atoms with Crippen LogP contribution in [0.4, 0.5) is 5.82 Å². The number of anilines is 1. The first-order valence-electron chi connectivity index (χ1n) is 13.0. The molecule has 2 heterocycles. The Labute approximate surface area is 235 Å². The molecule has 202 valence electrons. The molecule has 2 aromatic carbocycles. The zero-order chi connectivity index (χ0) is 27.8. The highest BCUT2D eigenvalue weighted by atomic mass is 35.5. The van der Waals surface area contributed by atoms with Crippen LogP contribution in [-0.2, 0) is 15.0 Å². The SMILES string of the molecule is Cc1cccc(-n2nc(C(C)(C)C)c3c2N(CC(=O)NCC(C)C)C(=O)CS[C@@H]3c2cccc(Cl)c2)c1C. The quantitative estimate of drug-likeness (QED) is 0.385. The number of nitrogens with zero attached hydrogens (tertiary/aromatic N) is 3. The Balaban J connectivity index is 2.01. The van der Waals surface area contributed by atoms with Crippen molar-refractivity contribution in [3.8, 4) is 5.69 Å². The fourth-order valence-corrected chi connectivity index (χ4v) is 6.04. The summed E-state index contributed by atoms with van der Waals surface area (Å²) in [7, 11) is 0. The van der Waals surface area contributed by atoms with E-state index in [0.29, 0.717) is 23.3 Å². The van der Waals surface area contributed by atoms with Gasteiger partial charge in [0, 0.05) is 22.5 Å². The van der Waals surface area contributed by atoms with E-state index in [-0.39, 0.29) is 34.8 Å². The Bertz CT molecular complexity index is 1360.